The Morgan fingerprint density at radius 3 is 2.36 bits per heavy atom. The van der Waals surface area contributed by atoms with Gasteiger partial charge in [-0.2, -0.15) is 0 Å². The second-order valence-corrected chi connectivity index (χ2v) is 6.12. The third-order valence-corrected chi connectivity index (χ3v) is 4.51. The zero-order valence-corrected chi connectivity index (χ0v) is 13.2. The molecule has 2 aromatic rings. The van der Waals surface area contributed by atoms with Crippen molar-refractivity contribution in [2.45, 2.75) is 6.04 Å². The van der Waals surface area contributed by atoms with Crippen LogP contribution in [0.2, 0.25) is 10.0 Å². The van der Waals surface area contributed by atoms with Gasteiger partial charge in [0.05, 0.1) is 12.6 Å². The Balaban J connectivity index is 2.28. The number of likely N-dealkylation sites (N-methyl/N-ethyl adjacent to an activating group) is 1. The molecule has 0 aliphatic carbocycles. The highest BCUT2D eigenvalue weighted by Crippen LogP contribution is 2.43. The average molecular weight is 338 g/mol. The maximum absolute atomic E-state index is 12.2. The number of fused-ring (bicyclic) bond motifs is 1. The smallest absolute Gasteiger partial charge is 0.177 e. The number of phenolic OH excluding ortho intramolecular Hbond substituents is 2. The molecule has 2 aromatic carbocycles. The van der Waals surface area contributed by atoms with Crippen molar-refractivity contribution >= 4 is 29.0 Å². The highest BCUT2D eigenvalue weighted by Gasteiger charge is 2.34. The monoisotopic (exact) mass is 337 g/mol. The van der Waals surface area contributed by atoms with Gasteiger partial charge in [0.2, 0.25) is 0 Å². The first kappa shape index (κ1) is 15.2. The Morgan fingerprint density at radius 1 is 1.14 bits per heavy atom. The highest BCUT2D eigenvalue weighted by atomic mass is 35.5. The molecule has 0 fully saturated rings. The third kappa shape index (κ3) is 2.33. The van der Waals surface area contributed by atoms with E-state index < -0.39 is 0 Å². The Hall–Kier alpha value is -1.75. The summed E-state index contributed by atoms with van der Waals surface area (Å²) in [6.07, 6.45) is 0. The fourth-order valence-electron chi connectivity index (χ4n) is 2.85. The molecule has 2 N–H and O–H groups in total. The molecule has 3 rings (SSSR count). The van der Waals surface area contributed by atoms with Crippen molar-refractivity contribution < 1.29 is 15.0 Å². The van der Waals surface area contributed by atoms with E-state index in [2.05, 4.69) is 0 Å². The lowest BCUT2D eigenvalue weighted by atomic mass is 9.87. The fourth-order valence-corrected chi connectivity index (χ4v) is 3.45. The van der Waals surface area contributed by atoms with Crippen molar-refractivity contribution in [3.63, 3.8) is 0 Å². The molecule has 114 valence electrons. The first-order chi connectivity index (χ1) is 10.4. The van der Waals surface area contributed by atoms with Crippen LogP contribution >= 0.6 is 23.2 Å². The van der Waals surface area contributed by atoms with Crippen LogP contribution in [0.25, 0.3) is 0 Å². The lowest BCUT2D eigenvalue weighted by Gasteiger charge is -2.35. The first-order valence-corrected chi connectivity index (χ1v) is 7.39. The van der Waals surface area contributed by atoms with Gasteiger partial charge in [0.25, 0.3) is 0 Å². The van der Waals surface area contributed by atoms with E-state index in [9.17, 15) is 15.0 Å². The molecule has 0 saturated heterocycles. The summed E-state index contributed by atoms with van der Waals surface area (Å²) >= 11 is 12.6. The lowest BCUT2D eigenvalue weighted by Crippen LogP contribution is -2.37. The Morgan fingerprint density at radius 2 is 1.73 bits per heavy atom. The molecule has 1 aliphatic rings. The normalized spacial score (nSPS) is 18.3. The molecule has 0 saturated carbocycles. The van der Waals surface area contributed by atoms with Gasteiger partial charge in [-0.25, -0.2) is 0 Å². The Kier molecular flexibility index (Phi) is 3.77. The summed E-state index contributed by atoms with van der Waals surface area (Å²) in [5.74, 6) is -0.733. The van der Waals surface area contributed by atoms with Crippen molar-refractivity contribution in [2.24, 2.45) is 0 Å². The molecule has 0 amide bonds. The lowest BCUT2D eigenvalue weighted by molar-refractivity contribution is 0.0903. The van der Waals surface area contributed by atoms with E-state index in [1.54, 1.807) is 25.2 Å². The van der Waals surface area contributed by atoms with Crippen molar-refractivity contribution in [3.8, 4) is 11.5 Å². The number of phenols is 2. The van der Waals surface area contributed by atoms with Gasteiger partial charge < -0.3 is 10.2 Å². The average Bonchev–Trinajstić information content (AvgIpc) is 2.44. The summed E-state index contributed by atoms with van der Waals surface area (Å²) in [6, 6.07) is 7.51. The highest BCUT2D eigenvalue weighted by molar-refractivity contribution is 6.36. The van der Waals surface area contributed by atoms with Crippen LogP contribution in [0.3, 0.4) is 0 Å². The summed E-state index contributed by atoms with van der Waals surface area (Å²) < 4.78 is 0. The summed E-state index contributed by atoms with van der Waals surface area (Å²) in [5.41, 5.74) is 1.62. The van der Waals surface area contributed by atoms with Gasteiger partial charge in [0.15, 0.2) is 17.3 Å². The van der Waals surface area contributed by atoms with E-state index in [0.29, 0.717) is 26.7 Å². The number of hydrogen-bond acceptors (Lipinski definition) is 4. The van der Waals surface area contributed by atoms with Gasteiger partial charge >= 0.3 is 0 Å². The molecule has 1 aliphatic heterocycles. The number of nitrogens with zero attached hydrogens (tertiary/aromatic N) is 1. The molecule has 4 nitrogen and oxygen atoms in total. The number of rotatable bonds is 1. The van der Waals surface area contributed by atoms with Crippen LogP contribution in [-0.2, 0) is 0 Å². The molecule has 0 bridgehead atoms. The van der Waals surface area contributed by atoms with Gasteiger partial charge in [-0.3, -0.25) is 9.69 Å². The molecule has 1 unspecified atom stereocenters. The molecule has 1 atom stereocenters. The Labute approximate surface area is 137 Å². The van der Waals surface area contributed by atoms with Crippen molar-refractivity contribution in [1.29, 1.82) is 0 Å². The maximum atomic E-state index is 12.2. The first-order valence-electron chi connectivity index (χ1n) is 6.63. The van der Waals surface area contributed by atoms with Crippen molar-refractivity contribution in [1.82, 2.24) is 4.90 Å². The van der Waals surface area contributed by atoms with E-state index >= 15 is 0 Å². The van der Waals surface area contributed by atoms with Gasteiger partial charge in [-0.15, -0.1) is 0 Å². The third-order valence-electron chi connectivity index (χ3n) is 3.85. The predicted molar refractivity (Wildman–Crippen MR) is 85.0 cm³/mol. The number of carbonyl (C=O) groups is 1. The molecule has 0 spiro atoms. The van der Waals surface area contributed by atoms with Crippen molar-refractivity contribution in [3.05, 3.63) is 57.1 Å². The summed E-state index contributed by atoms with van der Waals surface area (Å²) in [6.45, 7) is 0.170. The summed E-state index contributed by atoms with van der Waals surface area (Å²) in [7, 11) is 1.79. The zero-order valence-electron chi connectivity index (χ0n) is 11.7. The van der Waals surface area contributed by atoms with Gasteiger partial charge in [0.1, 0.15) is 0 Å². The van der Waals surface area contributed by atoms with E-state index in [-0.39, 0.29) is 29.9 Å². The maximum Gasteiger partial charge on any atom is 0.177 e. The van der Waals surface area contributed by atoms with Crippen LogP contribution in [0.4, 0.5) is 0 Å². The minimum Gasteiger partial charge on any atom is -0.504 e. The number of aromatic hydroxyl groups is 2. The predicted octanol–water partition coefficient (Wildman–Crippen LogP) is 3.62. The number of hydrogen-bond donors (Lipinski definition) is 2. The largest absolute Gasteiger partial charge is 0.504 e. The zero-order chi connectivity index (χ0) is 16.0. The molecule has 0 aromatic heterocycles. The summed E-state index contributed by atoms with van der Waals surface area (Å²) in [4.78, 5) is 14.0. The number of ketones is 1. The molecule has 1 heterocycles. The summed E-state index contributed by atoms with van der Waals surface area (Å²) in [5, 5.41) is 20.4. The number of halogens is 2. The minimum atomic E-state index is -0.375. The topological polar surface area (TPSA) is 60.8 Å². The van der Waals surface area contributed by atoms with Crippen molar-refractivity contribution in [2.75, 3.05) is 13.6 Å². The van der Waals surface area contributed by atoms with E-state index in [4.69, 9.17) is 23.2 Å². The van der Waals surface area contributed by atoms with Crippen LogP contribution < -0.4 is 0 Å². The molecule has 22 heavy (non-hydrogen) atoms. The van der Waals surface area contributed by atoms with Gasteiger partial charge in [-0.1, -0.05) is 29.3 Å². The van der Waals surface area contributed by atoms with Crippen LogP contribution in [0.15, 0.2) is 30.3 Å². The van der Waals surface area contributed by atoms with Crippen LogP contribution in [0.5, 0.6) is 11.5 Å². The number of Topliss-reactive ketones (excluding diaryl/α,β-unsaturated/α-hetero) is 1. The molecule has 0 radical (unpaired) electrons. The van der Waals surface area contributed by atoms with Crippen LogP contribution in [0, 0.1) is 0 Å². The second-order valence-electron chi connectivity index (χ2n) is 5.30. The van der Waals surface area contributed by atoms with Gasteiger partial charge in [0, 0.05) is 21.2 Å². The standard InChI is InChI=1S/C16H13Cl2NO3/c1-19-7-14(22)8-5-12(20)13(21)6-9(8)16(19)15-10(17)3-2-4-11(15)18/h2-6,16,20-21H,7H2,1H3. The van der Waals surface area contributed by atoms with Crippen LogP contribution in [0.1, 0.15) is 27.5 Å². The van der Waals surface area contributed by atoms with E-state index in [0.717, 1.165) is 0 Å². The minimum absolute atomic E-state index is 0.132. The molecular formula is C16H13Cl2NO3. The van der Waals surface area contributed by atoms with E-state index in [1.165, 1.54) is 12.1 Å². The quantitative estimate of drug-likeness (QED) is 0.780. The molecule has 6 heteroatoms. The second kappa shape index (κ2) is 5.47. The fraction of sp³-hybridized carbons (Fsp3) is 0.188. The Bertz CT molecular complexity index is 756. The van der Waals surface area contributed by atoms with Crippen LogP contribution in [-0.4, -0.2) is 34.5 Å². The number of carbonyl (C=O) groups excluding carboxylic acids is 1. The SMILES string of the molecule is CN1CC(=O)c2cc(O)c(O)cc2C1c1c(Cl)cccc1Cl. The number of benzene rings is 2. The van der Waals surface area contributed by atoms with Gasteiger partial charge in [-0.05, 0) is 36.9 Å². The molecular weight excluding hydrogens is 325 g/mol. The van der Waals surface area contributed by atoms with E-state index in [1.807, 2.05) is 4.90 Å².